The number of nitrogens with zero attached hydrogens (tertiary/aromatic N) is 3. The van der Waals surface area contributed by atoms with E-state index < -0.39 is 24.3 Å². The highest BCUT2D eigenvalue weighted by atomic mass is 16.4. The molecule has 1 heterocycles. The molecular formula is C12H19N5O4. The predicted molar refractivity (Wildman–Crippen MR) is 74.6 cm³/mol. The van der Waals surface area contributed by atoms with E-state index in [2.05, 4.69) is 10.4 Å². The fourth-order valence-corrected chi connectivity index (χ4v) is 1.92. The van der Waals surface area contributed by atoms with Crippen LogP contribution in [0, 0.1) is 13.8 Å². The zero-order valence-electron chi connectivity index (χ0n) is 12.2. The summed E-state index contributed by atoms with van der Waals surface area (Å²) < 4.78 is 1.63. The Kier molecular flexibility index (Phi) is 5.42. The van der Waals surface area contributed by atoms with Crippen LogP contribution in [-0.4, -0.2) is 57.2 Å². The average Bonchev–Trinajstić information content (AvgIpc) is 2.54. The van der Waals surface area contributed by atoms with Gasteiger partial charge in [-0.15, -0.1) is 0 Å². The molecule has 2 amide bonds. The number of rotatable bonds is 7. The van der Waals surface area contributed by atoms with Crippen LogP contribution in [0.4, 0.5) is 5.69 Å². The second kappa shape index (κ2) is 6.84. The van der Waals surface area contributed by atoms with Crippen molar-refractivity contribution < 1.29 is 19.5 Å². The predicted octanol–water partition coefficient (Wildman–Crippen LogP) is -1.15. The van der Waals surface area contributed by atoms with Crippen molar-refractivity contribution in [3.8, 4) is 0 Å². The van der Waals surface area contributed by atoms with Crippen LogP contribution in [0.5, 0.6) is 0 Å². The molecule has 0 spiro atoms. The quantitative estimate of drug-likeness (QED) is 0.582. The minimum atomic E-state index is -1.14. The maximum atomic E-state index is 12.0. The molecule has 0 saturated heterocycles. The number of primary amides is 1. The molecule has 1 aromatic rings. The molecule has 0 unspecified atom stereocenters. The van der Waals surface area contributed by atoms with Crippen LogP contribution in [0.1, 0.15) is 11.4 Å². The summed E-state index contributed by atoms with van der Waals surface area (Å²) in [6.07, 6.45) is 0. The van der Waals surface area contributed by atoms with E-state index >= 15 is 0 Å². The molecular weight excluding hydrogens is 278 g/mol. The highest BCUT2D eigenvalue weighted by Crippen LogP contribution is 2.18. The van der Waals surface area contributed by atoms with Gasteiger partial charge in [0.05, 0.1) is 36.7 Å². The molecule has 21 heavy (non-hydrogen) atoms. The van der Waals surface area contributed by atoms with Crippen molar-refractivity contribution in [1.29, 1.82) is 0 Å². The zero-order valence-corrected chi connectivity index (χ0v) is 12.2. The number of aryl methyl sites for hydroxylation is 2. The van der Waals surface area contributed by atoms with E-state index in [0.29, 0.717) is 11.4 Å². The van der Waals surface area contributed by atoms with Crippen molar-refractivity contribution in [2.75, 3.05) is 25.0 Å². The summed E-state index contributed by atoms with van der Waals surface area (Å²) in [6, 6.07) is 0. The first-order valence-corrected chi connectivity index (χ1v) is 6.23. The maximum absolute atomic E-state index is 12.0. The van der Waals surface area contributed by atoms with E-state index in [0.717, 1.165) is 10.6 Å². The maximum Gasteiger partial charge on any atom is 0.317 e. The van der Waals surface area contributed by atoms with Gasteiger partial charge in [-0.2, -0.15) is 5.10 Å². The van der Waals surface area contributed by atoms with Gasteiger partial charge in [-0.3, -0.25) is 24.0 Å². The SMILES string of the molecule is Cc1nn(C)c(C)c1NC(=O)CN(CC(N)=O)CC(=O)O. The van der Waals surface area contributed by atoms with E-state index in [1.54, 1.807) is 25.6 Å². The second-order valence-electron chi connectivity index (χ2n) is 4.72. The lowest BCUT2D eigenvalue weighted by Crippen LogP contribution is -2.42. The average molecular weight is 297 g/mol. The first-order valence-electron chi connectivity index (χ1n) is 6.23. The molecule has 0 saturated carbocycles. The van der Waals surface area contributed by atoms with Crippen molar-refractivity contribution in [3.05, 3.63) is 11.4 Å². The van der Waals surface area contributed by atoms with Gasteiger partial charge in [0.2, 0.25) is 11.8 Å². The molecule has 0 aliphatic carbocycles. The molecule has 0 aliphatic heterocycles. The molecule has 0 radical (unpaired) electrons. The topological polar surface area (TPSA) is 131 Å². The fourth-order valence-electron chi connectivity index (χ4n) is 1.92. The highest BCUT2D eigenvalue weighted by molar-refractivity contribution is 5.94. The number of nitrogens with two attached hydrogens (primary N) is 1. The summed E-state index contributed by atoms with van der Waals surface area (Å²) in [6.45, 7) is 2.56. The Labute approximate surface area is 121 Å². The Morgan fingerprint density at radius 1 is 1.29 bits per heavy atom. The van der Waals surface area contributed by atoms with E-state index in [-0.39, 0.29) is 13.1 Å². The number of carbonyl (C=O) groups is 3. The number of anilines is 1. The number of carbonyl (C=O) groups excluding carboxylic acids is 2. The van der Waals surface area contributed by atoms with Gasteiger partial charge < -0.3 is 16.2 Å². The minimum absolute atomic E-state index is 0.247. The Bertz CT molecular complexity index is 550. The Morgan fingerprint density at radius 2 is 1.90 bits per heavy atom. The first-order chi connectivity index (χ1) is 9.70. The van der Waals surface area contributed by atoms with E-state index in [9.17, 15) is 14.4 Å². The van der Waals surface area contributed by atoms with Gasteiger partial charge in [-0.25, -0.2) is 0 Å². The molecule has 1 aromatic heterocycles. The molecule has 9 heteroatoms. The van der Waals surface area contributed by atoms with Crippen LogP contribution in [0.15, 0.2) is 0 Å². The summed E-state index contributed by atoms with van der Waals surface area (Å²) in [5.41, 5.74) is 7.04. The lowest BCUT2D eigenvalue weighted by Gasteiger charge is -2.17. The summed E-state index contributed by atoms with van der Waals surface area (Å²) in [4.78, 5) is 34.7. The van der Waals surface area contributed by atoms with Crippen LogP contribution in [0.3, 0.4) is 0 Å². The van der Waals surface area contributed by atoms with Crippen LogP contribution in [-0.2, 0) is 21.4 Å². The molecule has 0 aromatic carbocycles. The third-order valence-electron chi connectivity index (χ3n) is 2.88. The van der Waals surface area contributed by atoms with Crippen LogP contribution in [0.2, 0.25) is 0 Å². The monoisotopic (exact) mass is 297 g/mol. The largest absolute Gasteiger partial charge is 0.480 e. The number of hydrogen-bond acceptors (Lipinski definition) is 5. The summed E-state index contributed by atoms with van der Waals surface area (Å²) in [5.74, 6) is -2.27. The zero-order chi connectivity index (χ0) is 16.2. The summed E-state index contributed by atoms with van der Waals surface area (Å²) >= 11 is 0. The van der Waals surface area contributed by atoms with Gasteiger partial charge in [0.1, 0.15) is 0 Å². The van der Waals surface area contributed by atoms with Gasteiger partial charge in [0.25, 0.3) is 0 Å². The van der Waals surface area contributed by atoms with Gasteiger partial charge in [-0.1, -0.05) is 0 Å². The Hall–Kier alpha value is -2.42. The van der Waals surface area contributed by atoms with Crippen molar-refractivity contribution >= 4 is 23.5 Å². The van der Waals surface area contributed by atoms with Gasteiger partial charge in [0.15, 0.2) is 0 Å². The normalized spacial score (nSPS) is 10.7. The third-order valence-corrected chi connectivity index (χ3v) is 2.88. The van der Waals surface area contributed by atoms with Gasteiger partial charge in [-0.05, 0) is 13.8 Å². The molecule has 9 nitrogen and oxygen atoms in total. The van der Waals surface area contributed by atoms with Crippen LogP contribution in [0.25, 0.3) is 0 Å². The number of carboxylic acid groups (broad SMARTS) is 1. The molecule has 116 valence electrons. The van der Waals surface area contributed by atoms with Crippen molar-refractivity contribution in [3.63, 3.8) is 0 Å². The van der Waals surface area contributed by atoms with Crippen LogP contribution < -0.4 is 11.1 Å². The van der Waals surface area contributed by atoms with Gasteiger partial charge >= 0.3 is 5.97 Å². The smallest absolute Gasteiger partial charge is 0.317 e. The number of amides is 2. The third kappa shape index (κ3) is 4.88. The highest BCUT2D eigenvalue weighted by Gasteiger charge is 2.18. The lowest BCUT2D eigenvalue weighted by molar-refractivity contribution is -0.138. The molecule has 1 rings (SSSR count). The number of carboxylic acids is 1. The summed E-state index contributed by atoms with van der Waals surface area (Å²) in [5, 5.41) is 15.6. The van der Waals surface area contributed by atoms with Crippen molar-refractivity contribution in [1.82, 2.24) is 14.7 Å². The van der Waals surface area contributed by atoms with E-state index in [1.807, 2.05) is 0 Å². The first kappa shape index (κ1) is 16.6. The van der Waals surface area contributed by atoms with Crippen LogP contribution >= 0.6 is 0 Å². The number of aliphatic carboxylic acids is 1. The molecule has 0 bridgehead atoms. The lowest BCUT2D eigenvalue weighted by atomic mass is 10.3. The molecule has 0 atom stereocenters. The van der Waals surface area contributed by atoms with Crippen molar-refractivity contribution in [2.45, 2.75) is 13.8 Å². The Balaban J connectivity index is 2.73. The van der Waals surface area contributed by atoms with E-state index in [1.165, 1.54) is 0 Å². The fraction of sp³-hybridized carbons (Fsp3) is 0.500. The van der Waals surface area contributed by atoms with Gasteiger partial charge in [0, 0.05) is 7.05 Å². The standard InChI is InChI=1S/C12H19N5O4/c1-7-12(8(2)16(3)15-7)14-10(19)5-17(4-9(13)18)6-11(20)21/h4-6H2,1-3H3,(H2,13,18)(H,14,19)(H,20,21). The Morgan fingerprint density at radius 3 is 2.33 bits per heavy atom. The molecule has 0 fully saturated rings. The van der Waals surface area contributed by atoms with E-state index in [4.69, 9.17) is 10.8 Å². The number of hydrogen-bond donors (Lipinski definition) is 3. The number of nitrogens with one attached hydrogen (secondary N) is 1. The number of aromatic nitrogens is 2. The molecule has 4 N–H and O–H groups in total. The summed E-state index contributed by atoms with van der Waals surface area (Å²) in [7, 11) is 1.75. The molecule has 0 aliphatic rings. The van der Waals surface area contributed by atoms with Crippen molar-refractivity contribution in [2.24, 2.45) is 12.8 Å². The minimum Gasteiger partial charge on any atom is -0.480 e. The second-order valence-corrected chi connectivity index (χ2v) is 4.72.